The summed E-state index contributed by atoms with van der Waals surface area (Å²) in [4.78, 5) is 7.94. The number of ether oxygens (including phenoxy) is 1. The van der Waals surface area contributed by atoms with Gasteiger partial charge in [-0.3, -0.25) is 0 Å². The number of aromatic nitrogens is 2. The van der Waals surface area contributed by atoms with Gasteiger partial charge in [-0.05, 0) is 31.4 Å². The van der Waals surface area contributed by atoms with E-state index in [0.717, 1.165) is 29.3 Å². The van der Waals surface area contributed by atoms with Crippen molar-refractivity contribution in [2.45, 2.75) is 33.1 Å². The number of para-hydroxylation sites is 1. The summed E-state index contributed by atoms with van der Waals surface area (Å²) >= 11 is 0. The van der Waals surface area contributed by atoms with Gasteiger partial charge in [0.2, 0.25) is 0 Å². The van der Waals surface area contributed by atoms with Crippen LogP contribution in [-0.4, -0.2) is 23.1 Å². The SMILES string of the molecule is CCOc1ccccc1-c1cnc(C(CN)CC(C)C)[nH]1. The molecule has 21 heavy (non-hydrogen) atoms. The highest BCUT2D eigenvalue weighted by Crippen LogP contribution is 2.30. The largest absolute Gasteiger partial charge is 0.493 e. The number of hydrogen-bond donors (Lipinski definition) is 2. The first-order valence-corrected chi connectivity index (χ1v) is 7.62. The van der Waals surface area contributed by atoms with Crippen molar-refractivity contribution >= 4 is 0 Å². The Kier molecular flexibility index (Phi) is 5.39. The first-order valence-electron chi connectivity index (χ1n) is 7.62. The van der Waals surface area contributed by atoms with Gasteiger partial charge >= 0.3 is 0 Å². The van der Waals surface area contributed by atoms with Crippen molar-refractivity contribution < 1.29 is 4.74 Å². The molecule has 114 valence electrons. The van der Waals surface area contributed by atoms with Crippen LogP contribution in [0.4, 0.5) is 0 Å². The Balaban J connectivity index is 2.27. The maximum atomic E-state index is 5.89. The van der Waals surface area contributed by atoms with Crippen LogP contribution in [0.1, 0.15) is 38.9 Å². The van der Waals surface area contributed by atoms with Crippen LogP contribution in [0.3, 0.4) is 0 Å². The normalized spacial score (nSPS) is 12.6. The van der Waals surface area contributed by atoms with E-state index < -0.39 is 0 Å². The molecule has 0 spiro atoms. The predicted octanol–water partition coefficient (Wildman–Crippen LogP) is 3.56. The van der Waals surface area contributed by atoms with Gasteiger partial charge in [0.15, 0.2) is 0 Å². The zero-order valence-corrected chi connectivity index (χ0v) is 13.1. The van der Waals surface area contributed by atoms with E-state index >= 15 is 0 Å². The van der Waals surface area contributed by atoms with Gasteiger partial charge in [-0.1, -0.05) is 26.0 Å². The average molecular weight is 287 g/mol. The number of nitrogens with one attached hydrogen (secondary N) is 1. The molecule has 2 aromatic rings. The molecule has 0 aliphatic carbocycles. The fourth-order valence-electron chi connectivity index (χ4n) is 2.54. The Hall–Kier alpha value is -1.81. The maximum Gasteiger partial charge on any atom is 0.128 e. The minimum absolute atomic E-state index is 0.276. The van der Waals surface area contributed by atoms with E-state index in [9.17, 15) is 0 Å². The lowest BCUT2D eigenvalue weighted by Gasteiger charge is -2.14. The zero-order chi connectivity index (χ0) is 15.2. The van der Waals surface area contributed by atoms with Crippen LogP contribution in [0, 0.1) is 5.92 Å². The van der Waals surface area contributed by atoms with Crippen molar-refractivity contribution in [2.75, 3.05) is 13.2 Å². The third-order valence-corrected chi connectivity index (χ3v) is 3.50. The van der Waals surface area contributed by atoms with Crippen LogP contribution in [0.5, 0.6) is 5.75 Å². The van der Waals surface area contributed by atoms with E-state index in [1.807, 2.05) is 37.4 Å². The second kappa shape index (κ2) is 7.27. The number of nitrogens with zero attached hydrogens (tertiary/aromatic N) is 1. The molecule has 4 heteroatoms. The second-order valence-electron chi connectivity index (χ2n) is 5.67. The van der Waals surface area contributed by atoms with Crippen molar-refractivity contribution in [3.05, 3.63) is 36.3 Å². The van der Waals surface area contributed by atoms with Crippen LogP contribution in [-0.2, 0) is 0 Å². The Bertz CT molecular complexity index is 563. The summed E-state index contributed by atoms with van der Waals surface area (Å²) in [6.07, 6.45) is 2.91. The highest BCUT2D eigenvalue weighted by molar-refractivity contribution is 5.66. The summed E-state index contributed by atoms with van der Waals surface area (Å²) in [6, 6.07) is 8.01. The molecule has 0 radical (unpaired) electrons. The fourth-order valence-corrected chi connectivity index (χ4v) is 2.54. The lowest BCUT2D eigenvalue weighted by molar-refractivity contribution is 0.341. The van der Waals surface area contributed by atoms with E-state index in [1.54, 1.807) is 0 Å². The Morgan fingerprint density at radius 2 is 2.05 bits per heavy atom. The van der Waals surface area contributed by atoms with E-state index in [1.165, 1.54) is 0 Å². The molecule has 0 saturated carbocycles. The zero-order valence-electron chi connectivity index (χ0n) is 13.1. The standard InChI is InChI=1S/C17H25N3O/c1-4-21-16-8-6-5-7-14(16)15-11-19-17(20-15)13(10-18)9-12(2)3/h5-8,11-13H,4,9-10,18H2,1-3H3,(H,19,20). The third kappa shape index (κ3) is 3.85. The van der Waals surface area contributed by atoms with E-state index in [4.69, 9.17) is 10.5 Å². The van der Waals surface area contributed by atoms with Gasteiger partial charge in [-0.25, -0.2) is 4.98 Å². The van der Waals surface area contributed by atoms with Gasteiger partial charge in [0.25, 0.3) is 0 Å². The fraction of sp³-hybridized carbons (Fsp3) is 0.471. The summed E-state index contributed by atoms with van der Waals surface area (Å²) in [7, 11) is 0. The average Bonchev–Trinajstić information content (AvgIpc) is 2.95. The molecule has 0 aliphatic rings. The van der Waals surface area contributed by atoms with E-state index in [-0.39, 0.29) is 5.92 Å². The lowest BCUT2D eigenvalue weighted by Crippen LogP contribution is -2.16. The molecular formula is C17H25N3O. The highest BCUT2D eigenvalue weighted by atomic mass is 16.5. The molecule has 1 atom stereocenters. The molecule has 1 aromatic carbocycles. The molecule has 0 fully saturated rings. The molecule has 4 nitrogen and oxygen atoms in total. The first-order chi connectivity index (χ1) is 10.2. The van der Waals surface area contributed by atoms with Crippen LogP contribution in [0.15, 0.2) is 30.5 Å². The van der Waals surface area contributed by atoms with Gasteiger partial charge in [0.1, 0.15) is 11.6 Å². The minimum Gasteiger partial charge on any atom is -0.493 e. The molecule has 1 aromatic heterocycles. The van der Waals surface area contributed by atoms with Crippen LogP contribution < -0.4 is 10.5 Å². The summed E-state index contributed by atoms with van der Waals surface area (Å²) in [6.45, 7) is 7.66. The quantitative estimate of drug-likeness (QED) is 0.818. The van der Waals surface area contributed by atoms with E-state index in [0.29, 0.717) is 19.1 Å². The number of hydrogen-bond acceptors (Lipinski definition) is 3. The second-order valence-corrected chi connectivity index (χ2v) is 5.67. The molecule has 0 bridgehead atoms. The first kappa shape index (κ1) is 15.6. The summed E-state index contributed by atoms with van der Waals surface area (Å²) in [5.41, 5.74) is 7.92. The molecule has 2 rings (SSSR count). The van der Waals surface area contributed by atoms with Crippen LogP contribution >= 0.6 is 0 Å². The summed E-state index contributed by atoms with van der Waals surface area (Å²) in [5.74, 6) is 2.72. The van der Waals surface area contributed by atoms with E-state index in [2.05, 4.69) is 23.8 Å². The number of H-pyrrole nitrogens is 1. The lowest BCUT2D eigenvalue weighted by atomic mass is 9.97. The smallest absolute Gasteiger partial charge is 0.128 e. The van der Waals surface area contributed by atoms with Crippen molar-refractivity contribution in [1.82, 2.24) is 9.97 Å². The van der Waals surface area contributed by atoms with Gasteiger partial charge in [-0.2, -0.15) is 0 Å². The van der Waals surface area contributed by atoms with Crippen molar-refractivity contribution in [2.24, 2.45) is 11.7 Å². The van der Waals surface area contributed by atoms with Gasteiger partial charge in [0, 0.05) is 18.0 Å². The number of nitrogens with two attached hydrogens (primary N) is 1. The molecule has 0 saturated heterocycles. The molecule has 1 heterocycles. The predicted molar refractivity (Wildman–Crippen MR) is 86.4 cm³/mol. The van der Waals surface area contributed by atoms with Crippen LogP contribution in [0.2, 0.25) is 0 Å². The highest BCUT2D eigenvalue weighted by Gasteiger charge is 2.16. The number of imidazole rings is 1. The van der Waals surface area contributed by atoms with Gasteiger partial charge in [0.05, 0.1) is 18.5 Å². The molecule has 1 unspecified atom stereocenters. The molecule has 0 aliphatic heterocycles. The monoisotopic (exact) mass is 287 g/mol. The minimum atomic E-state index is 0.276. The van der Waals surface area contributed by atoms with Crippen molar-refractivity contribution in [3.8, 4) is 17.0 Å². The number of benzene rings is 1. The number of aromatic amines is 1. The number of rotatable bonds is 7. The Morgan fingerprint density at radius 3 is 2.71 bits per heavy atom. The summed E-state index contributed by atoms with van der Waals surface area (Å²) in [5, 5.41) is 0. The van der Waals surface area contributed by atoms with Crippen molar-refractivity contribution in [3.63, 3.8) is 0 Å². The Labute approximate surface area is 126 Å². The molecular weight excluding hydrogens is 262 g/mol. The van der Waals surface area contributed by atoms with Crippen LogP contribution in [0.25, 0.3) is 11.3 Å². The Morgan fingerprint density at radius 1 is 1.29 bits per heavy atom. The van der Waals surface area contributed by atoms with Gasteiger partial charge < -0.3 is 15.5 Å². The summed E-state index contributed by atoms with van der Waals surface area (Å²) < 4.78 is 5.68. The van der Waals surface area contributed by atoms with Gasteiger partial charge in [-0.15, -0.1) is 0 Å². The topological polar surface area (TPSA) is 63.9 Å². The maximum absolute atomic E-state index is 5.89. The molecule has 0 amide bonds. The third-order valence-electron chi connectivity index (χ3n) is 3.50. The van der Waals surface area contributed by atoms with Crippen molar-refractivity contribution in [1.29, 1.82) is 0 Å². The molecule has 3 N–H and O–H groups in total.